The molecule has 0 spiro atoms. The van der Waals surface area contributed by atoms with E-state index in [0.29, 0.717) is 17.9 Å². The van der Waals surface area contributed by atoms with Gasteiger partial charge in [0.05, 0.1) is 5.69 Å². The van der Waals surface area contributed by atoms with Crippen LogP contribution in [0.5, 0.6) is 0 Å². The Hall–Kier alpha value is -1.62. The Balaban J connectivity index is 1.49. The summed E-state index contributed by atoms with van der Waals surface area (Å²) >= 11 is 0. The monoisotopic (exact) mass is 274 g/mol. The summed E-state index contributed by atoms with van der Waals surface area (Å²) in [5, 5.41) is 3.09. The lowest BCUT2D eigenvalue weighted by Crippen LogP contribution is -2.40. The van der Waals surface area contributed by atoms with E-state index in [1.807, 2.05) is 13.0 Å². The zero-order chi connectivity index (χ0) is 14.3. The Bertz CT molecular complexity index is 504. The van der Waals surface area contributed by atoms with Gasteiger partial charge in [0, 0.05) is 45.5 Å². The quantitative estimate of drug-likeness (QED) is 0.897. The lowest BCUT2D eigenvalue weighted by molar-refractivity contribution is 0.212. The SMILES string of the molecule is Cc1cccc(CN2C[C@@H]3C(NC(=O)N(C)C)[C@@H]3C2)n1. The van der Waals surface area contributed by atoms with Crippen molar-refractivity contribution >= 4 is 6.03 Å². The van der Waals surface area contributed by atoms with Crippen LogP contribution in [0.2, 0.25) is 0 Å². The molecular weight excluding hydrogens is 252 g/mol. The van der Waals surface area contributed by atoms with Crippen LogP contribution in [0.1, 0.15) is 11.4 Å². The highest BCUT2D eigenvalue weighted by molar-refractivity contribution is 5.74. The van der Waals surface area contributed by atoms with Crippen LogP contribution >= 0.6 is 0 Å². The number of nitrogens with one attached hydrogen (secondary N) is 1. The predicted molar refractivity (Wildman–Crippen MR) is 77.2 cm³/mol. The molecule has 1 saturated carbocycles. The second-order valence-corrected chi connectivity index (χ2v) is 6.16. The van der Waals surface area contributed by atoms with E-state index < -0.39 is 0 Å². The number of likely N-dealkylation sites (tertiary alicyclic amines) is 1. The van der Waals surface area contributed by atoms with Crippen molar-refractivity contribution in [2.75, 3.05) is 27.2 Å². The first-order valence-electron chi connectivity index (χ1n) is 7.17. The Morgan fingerprint density at radius 3 is 2.70 bits per heavy atom. The minimum absolute atomic E-state index is 0.0244. The molecule has 1 aromatic rings. The summed E-state index contributed by atoms with van der Waals surface area (Å²) in [6, 6.07) is 6.58. The van der Waals surface area contributed by atoms with Crippen LogP contribution in [0.15, 0.2) is 18.2 Å². The molecule has 20 heavy (non-hydrogen) atoms. The van der Waals surface area contributed by atoms with E-state index in [4.69, 9.17) is 0 Å². The molecule has 2 heterocycles. The van der Waals surface area contributed by atoms with Crippen molar-refractivity contribution in [1.82, 2.24) is 20.1 Å². The minimum atomic E-state index is 0.0244. The van der Waals surface area contributed by atoms with Crippen molar-refractivity contribution in [2.45, 2.75) is 19.5 Å². The first-order chi connectivity index (χ1) is 9.54. The fraction of sp³-hybridized carbons (Fsp3) is 0.600. The Kier molecular flexibility index (Phi) is 3.38. The van der Waals surface area contributed by atoms with E-state index in [2.05, 4.69) is 27.3 Å². The van der Waals surface area contributed by atoms with Gasteiger partial charge in [-0.05, 0) is 30.9 Å². The Labute approximate surface area is 120 Å². The highest BCUT2D eigenvalue weighted by Gasteiger charge is 2.56. The highest BCUT2D eigenvalue weighted by Crippen LogP contribution is 2.45. The van der Waals surface area contributed by atoms with Crippen LogP contribution in [0.25, 0.3) is 0 Å². The van der Waals surface area contributed by atoms with E-state index in [0.717, 1.165) is 31.0 Å². The third-order valence-electron chi connectivity index (χ3n) is 4.30. The van der Waals surface area contributed by atoms with Gasteiger partial charge in [-0.25, -0.2) is 4.79 Å². The number of hydrogen-bond acceptors (Lipinski definition) is 3. The molecule has 0 bridgehead atoms. The largest absolute Gasteiger partial charge is 0.335 e. The molecule has 5 nitrogen and oxygen atoms in total. The number of nitrogens with zero attached hydrogens (tertiary/aromatic N) is 3. The Morgan fingerprint density at radius 1 is 1.40 bits per heavy atom. The maximum atomic E-state index is 11.6. The van der Waals surface area contributed by atoms with Gasteiger partial charge in [0.15, 0.2) is 0 Å². The number of amides is 2. The number of piperidine rings is 1. The van der Waals surface area contributed by atoms with Gasteiger partial charge in [-0.3, -0.25) is 9.88 Å². The zero-order valence-corrected chi connectivity index (χ0v) is 12.3. The van der Waals surface area contributed by atoms with Gasteiger partial charge in [0.2, 0.25) is 0 Å². The molecule has 3 rings (SSSR count). The van der Waals surface area contributed by atoms with Crippen LogP contribution in [0.3, 0.4) is 0 Å². The minimum Gasteiger partial charge on any atom is -0.335 e. The van der Waals surface area contributed by atoms with Crippen LogP contribution < -0.4 is 5.32 Å². The maximum absolute atomic E-state index is 11.6. The number of aromatic nitrogens is 1. The molecule has 2 amide bonds. The van der Waals surface area contributed by atoms with Gasteiger partial charge in [-0.2, -0.15) is 0 Å². The molecule has 1 unspecified atom stereocenters. The van der Waals surface area contributed by atoms with Crippen LogP contribution in [0, 0.1) is 18.8 Å². The van der Waals surface area contributed by atoms with E-state index in [1.165, 1.54) is 0 Å². The van der Waals surface area contributed by atoms with Crippen molar-refractivity contribution in [2.24, 2.45) is 11.8 Å². The molecule has 3 atom stereocenters. The molecule has 1 aliphatic carbocycles. The average molecular weight is 274 g/mol. The van der Waals surface area contributed by atoms with Gasteiger partial charge in [0.1, 0.15) is 0 Å². The van der Waals surface area contributed by atoms with Crippen molar-refractivity contribution in [1.29, 1.82) is 0 Å². The second kappa shape index (κ2) is 5.05. The lowest BCUT2D eigenvalue weighted by atomic mass is 10.3. The molecule has 0 aromatic carbocycles. The number of aryl methyl sites for hydroxylation is 1. The van der Waals surface area contributed by atoms with Crippen LogP contribution in [0.4, 0.5) is 4.79 Å². The fourth-order valence-electron chi connectivity index (χ4n) is 3.15. The molecule has 2 fully saturated rings. The summed E-state index contributed by atoms with van der Waals surface area (Å²) in [6.07, 6.45) is 0. The van der Waals surface area contributed by atoms with Crippen molar-refractivity contribution in [3.05, 3.63) is 29.6 Å². The maximum Gasteiger partial charge on any atom is 0.317 e. The lowest BCUT2D eigenvalue weighted by Gasteiger charge is -2.20. The zero-order valence-electron chi connectivity index (χ0n) is 12.3. The van der Waals surface area contributed by atoms with Crippen LogP contribution in [-0.2, 0) is 6.54 Å². The van der Waals surface area contributed by atoms with Gasteiger partial charge in [0.25, 0.3) is 0 Å². The van der Waals surface area contributed by atoms with Gasteiger partial charge in [-0.15, -0.1) is 0 Å². The molecule has 1 aliphatic heterocycles. The first kappa shape index (κ1) is 13.4. The number of fused-ring (bicyclic) bond motifs is 1. The van der Waals surface area contributed by atoms with Gasteiger partial charge >= 0.3 is 6.03 Å². The Morgan fingerprint density at radius 2 is 2.10 bits per heavy atom. The summed E-state index contributed by atoms with van der Waals surface area (Å²) < 4.78 is 0. The van der Waals surface area contributed by atoms with E-state index >= 15 is 0 Å². The van der Waals surface area contributed by atoms with E-state index in [1.54, 1.807) is 19.0 Å². The number of rotatable bonds is 3. The normalized spacial score (nSPS) is 28.1. The molecule has 108 valence electrons. The first-order valence-corrected chi connectivity index (χ1v) is 7.17. The summed E-state index contributed by atoms with van der Waals surface area (Å²) in [6.45, 7) is 5.08. The molecule has 1 aromatic heterocycles. The molecule has 0 radical (unpaired) electrons. The van der Waals surface area contributed by atoms with Gasteiger partial charge in [-0.1, -0.05) is 6.07 Å². The molecule has 5 heteroatoms. The number of pyridine rings is 1. The molecule has 1 saturated heterocycles. The summed E-state index contributed by atoms with van der Waals surface area (Å²) in [5.74, 6) is 1.26. The number of carbonyl (C=O) groups is 1. The highest BCUT2D eigenvalue weighted by atomic mass is 16.2. The number of carbonyl (C=O) groups excluding carboxylic acids is 1. The summed E-state index contributed by atoms with van der Waals surface area (Å²) in [5.41, 5.74) is 2.21. The average Bonchev–Trinajstić information content (AvgIpc) is 2.83. The third kappa shape index (κ3) is 2.63. The van der Waals surface area contributed by atoms with Crippen molar-refractivity contribution < 1.29 is 4.79 Å². The fourth-order valence-corrected chi connectivity index (χ4v) is 3.15. The van der Waals surface area contributed by atoms with E-state index in [-0.39, 0.29) is 6.03 Å². The molecular formula is C15H22N4O. The third-order valence-corrected chi connectivity index (χ3v) is 4.30. The van der Waals surface area contributed by atoms with E-state index in [9.17, 15) is 4.79 Å². The number of hydrogen-bond donors (Lipinski definition) is 1. The molecule has 1 N–H and O–H groups in total. The van der Waals surface area contributed by atoms with Crippen molar-refractivity contribution in [3.8, 4) is 0 Å². The second-order valence-electron chi connectivity index (χ2n) is 6.16. The summed E-state index contributed by atoms with van der Waals surface area (Å²) in [7, 11) is 3.56. The van der Waals surface area contributed by atoms with Crippen LogP contribution in [-0.4, -0.2) is 54.0 Å². The summed E-state index contributed by atoms with van der Waals surface area (Å²) in [4.78, 5) is 20.2. The van der Waals surface area contributed by atoms with Gasteiger partial charge < -0.3 is 10.2 Å². The standard InChI is InChI=1S/C15H22N4O/c1-10-5-4-6-11(16-10)7-19-8-12-13(9-19)14(12)17-15(20)18(2)3/h4-6,12-14H,7-9H2,1-3H3,(H,17,20)/t12-,13+,14?. The number of urea groups is 1. The van der Waals surface area contributed by atoms with Crippen molar-refractivity contribution in [3.63, 3.8) is 0 Å². The molecule has 2 aliphatic rings. The predicted octanol–water partition coefficient (Wildman–Crippen LogP) is 1.09. The topological polar surface area (TPSA) is 48.5 Å². The smallest absolute Gasteiger partial charge is 0.317 e.